The van der Waals surface area contributed by atoms with Crippen molar-refractivity contribution in [2.75, 3.05) is 7.11 Å². The van der Waals surface area contributed by atoms with Gasteiger partial charge in [-0.15, -0.1) is 0 Å². The molecule has 0 bridgehead atoms. The highest BCUT2D eigenvalue weighted by Gasteiger charge is 2.09. The minimum absolute atomic E-state index is 0.0249. The zero-order chi connectivity index (χ0) is 14.7. The van der Waals surface area contributed by atoms with Crippen LogP contribution in [0, 0.1) is 6.92 Å². The zero-order valence-electron chi connectivity index (χ0n) is 11.3. The number of carboxylic acids is 1. The maximum Gasteiger partial charge on any atom is 0.307 e. The lowest BCUT2D eigenvalue weighted by molar-refractivity contribution is -0.136. The molecule has 0 aliphatic rings. The third-order valence-corrected chi connectivity index (χ3v) is 3.51. The summed E-state index contributed by atoms with van der Waals surface area (Å²) in [7, 11) is 1.60. The first-order chi connectivity index (χ1) is 9.51. The van der Waals surface area contributed by atoms with Gasteiger partial charge in [0, 0.05) is 10.6 Å². The van der Waals surface area contributed by atoms with Crippen molar-refractivity contribution < 1.29 is 14.6 Å². The smallest absolute Gasteiger partial charge is 0.307 e. The molecule has 0 saturated heterocycles. The van der Waals surface area contributed by atoms with Gasteiger partial charge in [-0.2, -0.15) is 0 Å². The Hall–Kier alpha value is -2.00. The Balaban J connectivity index is 2.41. The highest BCUT2D eigenvalue weighted by molar-refractivity contribution is 6.31. The number of carbonyl (C=O) groups is 1. The molecule has 2 rings (SSSR count). The van der Waals surface area contributed by atoms with Gasteiger partial charge in [0.25, 0.3) is 0 Å². The summed E-state index contributed by atoms with van der Waals surface area (Å²) in [4.78, 5) is 10.7. The van der Waals surface area contributed by atoms with Crippen LogP contribution in [0.2, 0.25) is 5.02 Å². The number of carboxylic acid groups (broad SMARTS) is 1. The van der Waals surface area contributed by atoms with Crippen LogP contribution in [0.1, 0.15) is 11.1 Å². The third kappa shape index (κ3) is 3.11. The van der Waals surface area contributed by atoms with E-state index in [0.29, 0.717) is 10.8 Å². The molecule has 104 valence electrons. The minimum Gasteiger partial charge on any atom is -0.496 e. The van der Waals surface area contributed by atoms with Gasteiger partial charge in [0.1, 0.15) is 5.75 Å². The van der Waals surface area contributed by atoms with Gasteiger partial charge in [-0.3, -0.25) is 4.79 Å². The van der Waals surface area contributed by atoms with Gasteiger partial charge in [0.2, 0.25) is 0 Å². The first-order valence-corrected chi connectivity index (χ1v) is 6.54. The lowest BCUT2D eigenvalue weighted by Crippen LogP contribution is -1.99. The van der Waals surface area contributed by atoms with Crippen LogP contribution in [0.3, 0.4) is 0 Å². The monoisotopic (exact) mass is 290 g/mol. The van der Waals surface area contributed by atoms with Crippen LogP contribution in [-0.2, 0) is 11.2 Å². The molecule has 0 atom stereocenters. The van der Waals surface area contributed by atoms with Crippen LogP contribution in [0.4, 0.5) is 0 Å². The predicted octanol–water partition coefficient (Wildman–Crippen LogP) is 3.95. The van der Waals surface area contributed by atoms with E-state index in [-0.39, 0.29) is 6.42 Å². The Labute approximate surface area is 122 Å². The van der Waals surface area contributed by atoms with Crippen molar-refractivity contribution in [3.05, 3.63) is 52.5 Å². The Bertz CT molecular complexity index is 633. The van der Waals surface area contributed by atoms with Gasteiger partial charge in [-0.05, 0) is 35.7 Å². The zero-order valence-corrected chi connectivity index (χ0v) is 12.1. The third-order valence-electron chi connectivity index (χ3n) is 3.10. The highest BCUT2D eigenvalue weighted by atomic mass is 35.5. The lowest BCUT2D eigenvalue weighted by atomic mass is 10.00. The second kappa shape index (κ2) is 5.97. The SMILES string of the molecule is COc1cc(Cl)c(C)cc1-c1ccc(CC(=O)O)cc1. The van der Waals surface area contributed by atoms with E-state index in [9.17, 15) is 4.79 Å². The van der Waals surface area contributed by atoms with E-state index in [4.69, 9.17) is 21.4 Å². The Kier molecular flexibility index (Phi) is 4.30. The summed E-state index contributed by atoms with van der Waals surface area (Å²) >= 11 is 6.09. The summed E-state index contributed by atoms with van der Waals surface area (Å²) in [6.45, 7) is 1.93. The summed E-state index contributed by atoms with van der Waals surface area (Å²) in [6, 6.07) is 11.2. The number of methoxy groups -OCH3 is 1. The second-order valence-electron chi connectivity index (χ2n) is 4.57. The number of hydrogen-bond donors (Lipinski definition) is 1. The summed E-state index contributed by atoms with van der Waals surface area (Å²) in [5.41, 5.74) is 3.65. The fraction of sp³-hybridized carbons (Fsp3) is 0.188. The van der Waals surface area contributed by atoms with Gasteiger partial charge < -0.3 is 9.84 Å². The molecule has 20 heavy (non-hydrogen) atoms. The lowest BCUT2D eigenvalue weighted by Gasteiger charge is -2.11. The van der Waals surface area contributed by atoms with Gasteiger partial charge in [-0.1, -0.05) is 35.9 Å². The molecule has 0 spiro atoms. The van der Waals surface area contributed by atoms with Gasteiger partial charge in [0.15, 0.2) is 0 Å². The molecule has 0 unspecified atom stereocenters. The standard InChI is InChI=1S/C16H15ClO3/c1-10-7-13(15(20-2)9-14(10)17)12-5-3-11(4-6-12)8-16(18)19/h3-7,9H,8H2,1-2H3,(H,18,19). The maximum absolute atomic E-state index is 10.7. The average Bonchev–Trinajstić information content (AvgIpc) is 2.41. The van der Waals surface area contributed by atoms with Crippen molar-refractivity contribution in [3.8, 4) is 16.9 Å². The molecule has 2 aromatic rings. The maximum atomic E-state index is 10.7. The summed E-state index contributed by atoms with van der Waals surface area (Å²) in [6.07, 6.45) is 0.0249. The van der Waals surface area contributed by atoms with Crippen LogP contribution in [-0.4, -0.2) is 18.2 Å². The Morgan fingerprint density at radius 1 is 1.25 bits per heavy atom. The Morgan fingerprint density at radius 2 is 1.90 bits per heavy atom. The van der Waals surface area contributed by atoms with E-state index < -0.39 is 5.97 Å². The minimum atomic E-state index is -0.835. The van der Waals surface area contributed by atoms with Gasteiger partial charge in [0.05, 0.1) is 13.5 Å². The van der Waals surface area contributed by atoms with E-state index >= 15 is 0 Å². The van der Waals surface area contributed by atoms with Crippen molar-refractivity contribution in [1.29, 1.82) is 0 Å². The van der Waals surface area contributed by atoms with E-state index in [2.05, 4.69) is 0 Å². The van der Waals surface area contributed by atoms with Crippen molar-refractivity contribution in [2.45, 2.75) is 13.3 Å². The molecule has 0 aliphatic heterocycles. The number of aliphatic carboxylic acids is 1. The molecule has 0 radical (unpaired) electrons. The summed E-state index contributed by atoms with van der Waals surface area (Å²) in [5, 5.41) is 9.43. The molecule has 2 aromatic carbocycles. The quantitative estimate of drug-likeness (QED) is 0.927. The fourth-order valence-electron chi connectivity index (χ4n) is 2.03. The number of benzene rings is 2. The van der Waals surface area contributed by atoms with Crippen LogP contribution in [0.15, 0.2) is 36.4 Å². The second-order valence-corrected chi connectivity index (χ2v) is 4.98. The van der Waals surface area contributed by atoms with E-state index in [1.807, 2.05) is 37.3 Å². The summed E-state index contributed by atoms with van der Waals surface area (Å²) < 4.78 is 5.35. The summed E-state index contributed by atoms with van der Waals surface area (Å²) in [5.74, 6) is -0.135. The number of rotatable bonds is 4. The molecular formula is C16H15ClO3. The molecular weight excluding hydrogens is 276 g/mol. The van der Waals surface area contributed by atoms with E-state index in [1.54, 1.807) is 13.2 Å². The molecule has 3 nitrogen and oxygen atoms in total. The number of ether oxygens (including phenoxy) is 1. The molecule has 1 N–H and O–H groups in total. The molecule has 0 amide bonds. The topological polar surface area (TPSA) is 46.5 Å². The van der Waals surface area contributed by atoms with Crippen LogP contribution >= 0.6 is 11.6 Å². The molecule has 0 fully saturated rings. The first-order valence-electron chi connectivity index (χ1n) is 6.16. The van der Waals surface area contributed by atoms with Crippen molar-refractivity contribution in [3.63, 3.8) is 0 Å². The normalized spacial score (nSPS) is 10.3. The fourth-order valence-corrected chi connectivity index (χ4v) is 2.19. The first kappa shape index (κ1) is 14.4. The van der Waals surface area contributed by atoms with Crippen LogP contribution in [0.5, 0.6) is 5.75 Å². The Morgan fingerprint density at radius 3 is 2.45 bits per heavy atom. The van der Waals surface area contributed by atoms with Crippen LogP contribution < -0.4 is 4.74 Å². The van der Waals surface area contributed by atoms with E-state index in [1.165, 1.54) is 0 Å². The highest BCUT2D eigenvalue weighted by Crippen LogP contribution is 2.34. The molecule has 0 aliphatic carbocycles. The average molecular weight is 291 g/mol. The van der Waals surface area contributed by atoms with Crippen LogP contribution in [0.25, 0.3) is 11.1 Å². The molecule has 0 aromatic heterocycles. The van der Waals surface area contributed by atoms with Gasteiger partial charge >= 0.3 is 5.97 Å². The molecule has 4 heteroatoms. The van der Waals surface area contributed by atoms with Crippen molar-refractivity contribution in [1.82, 2.24) is 0 Å². The van der Waals surface area contributed by atoms with E-state index in [0.717, 1.165) is 22.3 Å². The van der Waals surface area contributed by atoms with Crippen molar-refractivity contribution in [2.24, 2.45) is 0 Å². The van der Waals surface area contributed by atoms with Gasteiger partial charge in [-0.25, -0.2) is 0 Å². The molecule has 0 saturated carbocycles. The number of hydrogen-bond acceptors (Lipinski definition) is 2. The number of halogens is 1. The largest absolute Gasteiger partial charge is 0.496 e. The van der Waals surface area contributed by atoms with Crippen molar-refractivity contribution >= 4 is 17.6 Å². The molecule has 0 heterocycles. The predicted molar refractivity (Wildman–Crippen MR) is 79.5 cm³/mol. The number of aryl methyl sites for hydroxylation is 1.